The number of thiazole rings is 1. The smallest absolute Gasteiger partial charge is 0.108 e. The zero-order valence-electron chi connectivity index (χ0n) is 11.2. The Balaban J connectivity index is 1.64. The summed E-state index contributed by atoms with van der Waals surface area (Å²) in [6.45, 7) is 3.75. The quantitative estimate of drug-likeness (QED) is 0.743. The summed E-state index contributed by atoms with van der Waals surface area (Å²) in [5.41, 5.74) is 3.63. The van der Waals surface area contributed by atoms with Crippen LogP contribution in [-0.4, -0.2) is 4.98 Å². The van der Waals surface area contributed by atoms with Crippen LogP contribution in [0.1, 0.15) is 16.1 Å². The van der Waals surface area contributed by atoms with Gasteiger partial charge in [0.25, 0.3) is 0 Å². The number of para-hydroxylation sites is 1. The number of hydrogen-bond acceptors (Lipinski definition) is 3. The number of fused-ring (bicyclic) bond motifs is 1. The standard InChI is InChI=1S/C16H15BrN2S/c1-11-6-7-12(13(17)8-11)9-18-10-16-19-14-4-2-3-5-15(14)20-16/h2-8,18H,9-10H2,1H3. The molecule has 0 saturated heterocycles. The highest BCUT2D eigenvalue weighted by molar-refractivity contribution is 9.10. The third-order valence-corrected chi connectivity index (χ3v) is 4.91. The van der Waals surface area contributed by atoms with E-state index in [9.17, 15) is 0 Å². The number of halogens is 1. The normalized spacial score (nSPS) is 11.1. The predicted molar refractivity (Wildman–Crippen MR) is 89.0 cm³/mol. The van der Waals surface area contributed by atoms with Gasteiger partial charge in [-0.2, -0.15) is 0 Å². The van der Waals surface area contributed by atoms with Gasteiger partial charge in [-0.25, -0.2) is 4.98 Å². The molecule has 0 unspecified atom stereocenters. The fourth-order valence-corrected chi connectivity index (χ4v) is 3.67. The van der Waals surface area contributed by atoms with E-state index < -0.39 is 0 Å². The Hall–Kier alpha value is -1.23. The number of aryl methyl sites for hydroxylation is 1. The van der Waals surface area contributed by atoms with Crippen LogP contribution in [0.5, 0.6) is 0 Å². The van der Waals surface area contributed by atoms with Gasteiger partial charge in [0.2, 0.25) is 0 Å². The lowest BCUT2D eigenvalue weighted by Crippen LogP contribution is -2.12. The summed E-state index contributed by atoms with van der Waals surface area (Å²) in [6, 6.07) is 14.7. The minimum atomic E-state index is 0.805. The van der Waals surface area contributed by atoms with E-state index in [1.54, 1.807) is 11.3 Å². The molecule has 0 bridgehead atoms. The van der Waals surface area contributed by atoms with E-state index in [-0.39, 0.29) is 0 Å². The van der Waals surface area contributed by atoms with E-state index in [0.29, 0.717) is 0 Å². The molecule has 3 aromatic rings. The monoisotopic (exact) mass is 346 g/mol. The SMILES string of the molecule is Cc1ccc(CNCc2nc3ccccc3s2)c(Br)c1. The molecule has 0 spiro atoms. The Labute approximate surface area is 131 Å². The van der Waals surface area contributed by atoms with Crippen molar-refractivity contribution < 1.29 is 0 Å². The zero-order chi connectivity index (χ0) is 13.9. The maximum Gasteiger partial charge on any atom is 0.108 e. The van der Waals surface area contributed by atoms with E-state index >= 15 is 0 Å². The van der Waals surface area contributed by atoms with E-state index in [1.165, 1.54) is 15.8 Å². The number of aromatic nitrogens is 1. The molecule has 0 aliphatic heterocycles. The predicted octanol–water partition coefficient (Wildman–Crippen LogP) is 4.66. The third-order valence-electron chi connectivity index (χ3n) is 3.14. The van der Waals surface area contributed by atoms with Gasteiger partial charge in [-0.15, -0.1) is 11.3 Å². The molecule has 3 rings (SSSR count). The third kappa shape index (κ3) is 3.08. The average Bonchev–Trinajstić information content (AvgIpc) is 2.84. The van der Waals surface area contributed by atoms with Crippen molar-refractivity contribution in [3.05, 3.63) is 63.1 Å². The summed E-state index contributed by atoms with van der Waals surface area (Å²) in [6.07, 6.45) is 0. The molecule has 0 aliphatic carbocycles. The van der Waals surface area contributed by atoms with Crippen molar-refractivity contribution in [1.29, 1.82) is 0 Å². The van der Waals surface area contributed by atoms with Crippen molar-refractivity contribution in [1.82, 2.24) is 10.3 Å². The van der Waals surface area contributed by atoms with Gasteiger partial charge in [-0.1, -0.05) is 40.2 Å². The molecule has 2 aromatic carbocycles. The van der Waals surface area contributed by atoms with Crippen LogP contribution in [0.15, 0.2) is 46.9 Å². The van der Waals surface area contributed by atoms with Gasteiger partial charge in [-0.3, -0.25) is 0 Å². The van der Waals surface area contributed by atoms with Crippen LogP contribution in [0.4, 0.5) is 0 Å². The van der Waals surface area contributed by atoms with Gasteiger partial charge < -0.3 is 5.32 Å². The van der Waals surface area contributed by atoms with E-state index in [1.807, 2.05) is 6.07 Å². The molecule has 0 radical (unpaired) electrons. The molecule has 0 atom stereocenters. The first-order valence-electron chi connectivity index (χ1n) is 6.52. The van der Waals surface area contributed by atoms with Crippen molar-refractivity contribution in [2.45, 2.75) is 20.0 Å². The minimum absolute atomic E-state index is 0.805. The minimum Gasteiger partial charge on any atom is -0.306 e. The molecule has 1 aromatic heterocycles. The van der Waals surface area contributed by atoms with Gasteiger partial charge in [-0.05, 0) is 36.2 Å². The first kappa shape index (κ1) is 13.7. The Morgan fingerprint density at radius 3 is 2.80 bits per heavy atom. The Bertz CT molecular complexity index is 703. The summed E-state index contributed by atoms with van der Waals surface area (Å²) in [7, 11) is 0. The highest BCUT2D eigenvalue weighted by Gasteiger charge is 2.04. The van der Waals surface area contributed by atoms with Crippen LogP contribution < -0.4 is 5.32 Å². The van der Waals surface area contributed by atoms with Crippen molar-refractivity contribution in [3.8, 4) is 0 Å². The first-order chi connectivity index (χ1) is 9.72. The fraction of sp³-hybridized carbons (Fsp3) is 0.188. The van der Waals surface area contributed by atoms with Crippen molar-refractivity contribution in [3.63, 3.8) is 0 Å². The van der Waals surface area contributed by atoms with Crippen LogP contribution in [0, 0.1) is 6.92 Å². The second-order valence-electron chi connectivity index (χ2n) is 4.77. The van der Waals surface area contributed by atoms with Crippen LogP contribution in [-0.2, 0) is 13.1 Å². The van der Waals surface area contributed by atoms with Crippen LogP contribution in [0.2, 0.25) is 0 Å². The number of rotatable bonds is 4. The number of nitrogens with zero attached hydrogens (tertiary/aromatic N) is 1. The second-order valence-corrected chi connectivity index (χ2v) is 6.74. The molecular formula is C16H15BrN2S. The molecule has 1 N–H and O–H groups in total. The average molecular weight is 347 g/mol. The lowest BCUT2D eigenvalue weighted by molar-refractivity contribution is 0.689. The van der Waals surface area contributed by atoms with Gasteiger partial charge >= 0.3 is 0 Å². The van der Waals surface area contributed by atoms with Gasteiger partial charge in [0.15, 0.2) is 0 Å². The van der Waals surface area contributed by atoms with Crippen molar-refractivity contribution >= 4 is 37.5 Å². The molecular weight excluding hydrogens is 332 g/mol. The van der Waals surface area contributed by atoms with E-state index in [4.69, 9.17) is 0 Å². The maximum atomic E-state index is 4.62. The summed E-state index contributed by atoms with van der Waals surface area (Å²) in [4.78, 5) is 4.62. The summed E-state index contributed by atoms with van der Waals surface area (Å²) in [5, 5.41) is 4.59. The highest BCUT2D eigenvalue weighted by Crippen LogP contribution is 2.22. The van der Waals surface area contributed by atoms with Crippen LogP contribution in [0.25, 0.3) is 10.2 Å². The van der Waals surface area contributed by atoms with Gasteiger partial charge in [0, 0.05) is 17.6 Å². The first-order valence-corrected chi connectivity index (χ1v) is 8.13. The Morgan fingerprint density at radius 2 is 2.00 bits per heavy atom. The van der Waals surface area contributed by atoms with E-state index in [0.717, 1.165) is 28.1 Å². The summed E-state index contributed by atoms with van der Waals surface area (Å²) >= 11 is 5.36. The van der Waals surface area contributed by atoms with Crippen molar-refractivity contribution in [2.24, 2.45) is 0 Å². The topological polar surface area (TPSA) is 24.9 Å². The fourth-order valence-electron chi connectivity index (χ4n) is 2.10. The Kier molecular flexibility index (Phi) is 4.15. The van der Waals surface area contributed by atoms with Crippen LogP contribution >= 0.6 is 27.3 Å². The summed E-state index contributed by atoms with van der Waals surface area (Å²) in [5.74, 6) is 0. The van der Waals surface area contributed by atoms with E-state index in [2.05, 4.69) is 69.6 Å². The lowest BCUT2D eigenvalue weighted by Gasteiger charge is -2.06. The molecule has 102 valence electrons. The molecule has 1 heterocycles. The molecule has 0 amide bonds. The Morgan fingerprint density at radius 1 is 1.15 bits per heavy atom. The maximum absolute atomic E-state index is 4.62. The molecule has 20 heavy (non-hydrogen) atoms. The zero-order valence-corrected chi connectivity index (χ0v) is 13.6. The van der Waals surface area contributed by atoms with Crippen LogP contribution in [0.3, 0.4) is 0 Å². The highest BCUT2D eigenvalue weighted by atomic mass is 79.9. The molecule has 0 saturated carbocycles. The van der Waals surface area contributed by atoms with Crippen molar-refractivity contribution in [2.75, 3.05) is 0 Å². The lowest BCUT2D eigenvalue weighted by atomic mass is 10.1. The summed E-state index contributed by atoms with van der Waals surface area (Å²) < 4.78 is 2.41. The largest absolute Gasteiger partial charge is 0.306 e. The van der Waals surface area contributed by atoms with Gasteiger partial charge in [0.05, 0.1) is 10.2 Å². The number of nitrogens with one attached hydrogen (secondary N) is 1. The molecule has 0 aliphatic rings. The molecule has 4 heteroatoms. The second kappa shape index (κ2) is 6.04. The van der Waals surface area contributed by atoms with Gasteiger partial charge in [0.1, 0.15) is 5.01 Å². The number of hydrogen-bond donors (Lipinski definition) is 1. The number of benzene rings is 2. The molecule has 2 nitrogen and oxygen atoms in total. The molecule has 0 fully saturated rings.